The summed E-state index contributed by atoms with van der Waals surface area (Å²) >= 11 is 1.44. The largest absolute Gasteiger partial charge is 0.476 e. The van der Waals surface area contributed by atoms with Crippen LogP contribution in [0.5, 0.6) is 0 Å². The predicted molar refractivity (Wildman–Crippen MR) is 224 cm³/mol. The summed E-state index contributed by atoms with van der Waals surface area (Å²) in [6, 6.07) is 17.2. The van der Waals surface area contributed by atoms with Crippen molar-refractivity contribution in [3.63, 3.8) is 0 Å². The standard InChI is InChI=1S/C44H53N7O4S/c1-28(46-27-43-22-41(2)21-42(3,23-43)25-44(24-41,26-43)55-18-17-50(4)5)32(19-45)30-13-14-36(48-37(30)39(53)54)51-16-15-29-9-8-10-31(33(29)20-51)38(52)49-40-47-34-11-6-7-12-35(34)56-40/h6-14,19H,15-18,20-27,45H2,1-5H3,(H,53,54)(H,47,49,52)/b32-19+,46-28?. The van der Waals surface area contributed by atoms with Crippen molar-refractivity contribution in [1.82, 2.24) is 14.9 Å². The summed E-state index contributed by atoms with van der Waals surface area (Å²) in [5, 5.41) is 14.0. The Kier molecular flexibility index (Phi) is 9.82. The van der Waals surface area contributed by atoms with Gasteiger partial charge in [-0.1, -0.05) is 49.4 Å². The third-order valence-electron chi connectivity index (χ3n) is 12.5. The van der Waals surface area contributed by atoms with E-state index in [0.29, 0.717) is 59.4 Å². The van der Waals surface area contributed by atoms with Gasteiger partial charge in [0.25, 0.3) is 5.91 Å². The molecule has 5 aliphatic rings. The van der Waals surface area contributed by atoms with Crippen LogP contribution >= 0.6 is 11.3 Å². The van der Waals surface area contributed by atoms with E-state index in [9.17, 15) is 14.7 Å². The van der Waals surface area contributed by atoms with Crippen molar-refractivity contribution in [2.45, 2.75) is 77.9 Å². The maximum atomic E-state index is 13.6. The Balaban J connectivity index is 1.01. The number of hydrogen-bond acceptors (Lipinski definition) is 10. The van der Waals surface area contributed by atoms with Crippen LogP contribution in [0.25, 0.3) is 15.8 Å². The number of amides is 1. The number of aliphatic imine (C=N–C) groups is 1. The van der Waals surface area contributed by atoms with Crippen LogP contribution in [0.3, 0.4) is 0 Å². The van der Waals surface area contributed by atoms with Crippen molar-refractivity contribution < 1.29 is 19.4 Å². The minimum absolute atomic E-state index is 0.0176. The maximum absolute atomic E-state index is 13.6. The summed E-state index contributed by atoms with van der Waals surface area (Å²) in [7, 11) is 4.17. The van der Waals surface area contributed by atoms with Crippen LogP contribution in [0.15, 0.2) is 65.8 Å². The second-order valence-corrected chi connectivity index (χ2v) is 19.0. The lowest BCUT2D eigenvalue weighted by Gasteiger charge is -2.69. The molecule has 0 spiro atoms. The molecular formula is C44H53N7O4S. The molecule has 1 aliphatic heterocycles. The Morgan fingerprint density at radius 3 is 2.48 bits per heavy atom. The van der Waals surface area contributed by atoms with Crippen LogP contribution in [0.1, 0.15) is 96.8 Å². The third-order valence-corrected chi connectivity index (χ3v) is 13.5. The van der Waals surface area contributed by atoms with Crippen molar-refractivity contribution in [1.29, 1.82) is 0 Å². The highest BCUT2D eigenvalue weighted by Gasteiger charge is 2.66. The Hall–Kier alpha value is -4.65. The molecule has 0 saturated heterocycles. The lowest BCUT2D eigenvalue weighted by atomic mass is 9.39. The van der Waals surface area contributed by atoms with Crippen LogP contribution < -0.4 is 16.0 Å². The Morgan fingerprint density at radius 2 is 1.77 bits per heavy atom. The van der Waals surface area contributed by atoms with Crippen molar-refractivity contribution >= 4 is 55.7 Å². The molecule has 12 heteroatoms. The predicted octanol–water partition coefficient (Wildman–Crippen LogP) is 7.66. The van der Waals surface area contributed by atoms with E-state index in [1.165, 1.54) is 24.0 Å². The zero-order valence-corrected chi connectivity index (χ0v) is 34.0. The number of nitrogens with one attached hydrogen (secondary N) is 1. The second kappa shape index (κ2) is 14.4. The number of carboxylic acid groups (broad SMARTS) is 1. The Labute approximate surface area is 333 Å². The number of thiazole rings is 1. The number of aromatic carboxylic acids is 1. The summed E-state index contributed by atoms with van der Waals surface area (Å²) in [5.74, 6) is -0.839. The van der Waals surface area contributed by atoms with Gasteiger partial charge >= 0.3 is 5.97 Å². The summed E-state index contributed by atoms with van der Waals surface area (Å²) in [6.45, 7) is 10.1. The summed E-state index contributed by atoms with van der Waals surface area (Å²) in [6.07, 6.45) is 8.80. The van der Waals surface area contributed by atoms with Crippen molar-refractivity contribution in [3.8, 4) is 0 Å². The number of aromatic nitrogens is 2. The molecule has 2 unspecified atom stereocenters. The van der Waals surface area contributed by atoms with Gasteiger partial charge in [-0.3, -0.25) is 15.1 Å². The molecule has 0 radical (unpaired) electrons. The van der Waals surface area contributed by atoms with E-state index in [0.717, 1.165) is 66.6 Å². The quantitative estimate of drug-likeness (QED) is 0.124. The average Bonchev–Trinajstić information content (AvgIpc) is 3.54. The van der Waals surface area contributed by atoms with Gasteiger partial charge in [-0.05, 0) is 124 Å². The number of fused-ring (bicyclic) bond motifs is 2. The number of benzene rings is 2. The fourth-order valence-corrected chi connectivity index (χ4v) is 12.3. The lowest BCUT2D eigenvalue weighted by Crippen LogP contribution is -2.64. The van der Waals surface area contributed by atoms with E-state index in [4.69, 9.17) is 20.4 Å². The number of carbonyl (C=O) groups excluding carboxylic acids is 1. The minimum atomic E-state index is -1.14. The maximum Gasteiger partial charge on any atom is 0.355 e. The van der Waals surface area contributed by atoms with Crippen LogP contribution in [0.4, 0.5) is 10.9 Å². The number of rotatable bonds is 12. The SMILES string of the molecule is CC(=NCC12CC3(C)CC(C)(C1)CC(OCCN(C)C)(C3)C2)/C(=C\N)c1ccc(N2CCc3cccc(C(=O)Nc4nc5ccccc5s4)c3C2)nc1C(=O)O. The number of likely N-dealkylation sites (N-methyl/N-ethyl adjacent to an activating group) is 1. The molecular weight excluding hydrogens is 723 g/mol. The summed E-state index contributed by atoms with van der Waals surface area (Å²) < 4.78 is 7.81. The monoisotopic (exact) mass is 775 g/mol. The van der Waals surface area contributed by atoms with Gasteiger partial charge in [0.1, 0.15) is 5.82 Å². The molecule has 9 rings (SSSR count). The number of allylic oxidation sites excluding steroid dienone is 1. The molecule has 4 aliphatic carbocycles. The normalized spacial score (nSPS) is 27.2. The van der Waals surface area contributed by atoms with Crippen molar-refractivity contribution in [2.24, 2.45) is 27.0 Å². The van der Waals surface area contributed by atoms with Crippen molar-refractivity contribution in [3.05, 3.63) is 88.7 Å². The van der Waals surface area contributed by atoms with E-state index in [2.05, 4.69) is 43.1 Å². The van der Waals surface area contributed by atoms with Gasteiger partial charge < -0.3 is 25.4 Å². The first-order chi connectivity index (χ1) is 26.7. The fourth-order valence-electron chi connectivity index (χ4n) is 11.5. The van der Waals surface area contributed by atoms with Crippen molar-refractivity contribution in [2.75, 3.05) is 50.6 Å². The number of anilines is 2. The highest BCUT2D eigenvalue weighted by Crippen LogP contribution is 2.71. The van der Waals surface area contributed by atoms with E-state index in [-0.39, 0.29) is 33.4 Å². The number of pyridine rings is 1. The zero-order valence-electron chi connectivity index (χ0n) is 33.2. The van der Waals surface area contributed by atoms with Gasteiger partial charge in [0, 0.05) is 54.8 Å². The molecule has 4 N–H and O–H groups in total. The average molecular weight is 776 g/mol. The number of hydrogen-bond donors (Lipinski definition) is 3. The summed E-state index contributed by atoms with van der Waals surface area (Å²) in [4.78, 5) is 45.2. The molecule has 56 heavy (non-hydrogen) atoms. The minimum Gasteiger partial charge on any atom is -0.476 e. The molecule has 4 fully saturated rings. The van der Waals surface area contributed by atoms with Crippen LogP contribution in [0, 0.1) is 16.2 Å². The van der Waals surface area contributed by atoms with Crippen LogP contribution in [-0.2, 0) is 17.7 Å². The highest BCUT2D eigenvalue weighted by molar-refractivity contribution is 7.22. The molecule has 3 heterocycles. The summed E-state index contributed by atoms with van der Waals surface area (Å²) in [5.41, 5.74) is 11.6. The number of nitrogens with two attached hydrogens (primary N) is 1. The third kappa shape index (κ3) is 7.34. The number of para-hydroxylation sites is 1. The number of carbonyl (C=O) groups is 2. The smallest absolute Gasteiger partial charge is 0.355 e. The van der Waals surface area contributed by atoms with Gasteiger partial charge in [0.15, 0.2) is 10.8 Å². The molecule has 4 bridgehead atoms. The molecule has 2 atom stereocenters. The topological polar surface area (TPSA) is 146 Å². The van der Waals surface area contributed by atoms with Crippen LogP contribution in [0.2, 0.25) is 0 Å². The first-order valence-electron chi connectivity index (χ1n) is 19.7. The van der Waals surface area contributed by atoms with Gasteiger partial charge in [0.2, 0.25) is 0 Å². The van der Waals surface area contributed by atoms with Gasteiger partial charge in [-0.2, -0.15) is 0 Å². The molecule has 2 aromatic carbocycles. The number of nitrogens with zero attached hydrogens (tertiary/aromatic N) is 5. The van der Waals surface area contributed by atoms with E-state index in [1.807, 2.05) is 60.4 Å². The van der Waals surface area contributed by atoms with E-state index >= 15 is 0 Å². The Morgan fingerprint density at radius 1 is 1.00 bits per heavy atom. The number of ether oxygens (including phenoxy) is 1. The Bertz CT molecular complexity index is 2210. The lowest BCUT2D eigenvalue weighted by molar-refractivity contribution is -0.242. The molecule has 1 amide bonds. The second-order valence-electron chi connectivity index (χ2n) is 17.9. The van der Waals surface area contributed by atoms with Gasteiger partial charge in [-0.15, -0.1) is 0 Å². The molecule has 11 nitrogen and oxygen atoms in total. The van der Waals surface area contributed by atoms with Gasteiger partial charge in [-0.25, -0.2) is 14.8 Å². The molecule has 4 saturated carbocycles. The molecule has 294 valence electrons. The van der Waals surface area contributed by atoms with Gasteiger partial charge in [0.05, 0.1) is 22.4 Å². The molecule has 2 aromatic heterocycles. The van der Waals surface area contributed by atoms with E-state index < -0.39 is 5.97 Å². The zero-order chi connectivity index (χ0) is 39.5. The first-order valence-corrected chi connectivity index (χ1v) is 20.5. The first kappa shape index (κ1) is 38.2. The van der Waals surface area contributed by atoms with E-state index in [1.54, 1.807) is 6.07 Å². The fraction of sp³-hybridized carbons (Fsp3) is 0.477. The van der Waals surface area contributed by atoms with Crippen LogP contribution in [-0.4, -0.2) is 83.5 Å². The highest BCUT2D eigenvalue weighted by atomic mass is 32.1. The number of carboxylic acids is 1. The molecule has 4 aromatic rings.